The van der Waals surface area contributed by atoms with Crippen LogP contribution in [0.4, 0.5) is 4.79 Å². The zero-order chi connectivity index (χ0) is 47.4. The van der Waals surface area contributed by atoms with Gasteiger partial charge >= 0.3 is 6.09 Å². The quantitative estimate of drug-likeness (QED) is 0.0527. The fourth-order valence-electron chi connectivity index (χ4n) is 10.5. The average molecular weight is 910 g/mol. The highest BCUT2D eigenvalue weighted by molar-refractivity contribution is 5.89. The number of likely N-dealkylation sites (N-methyl/N-ethyl adjacent to an activating group) is 1. The van der Waals surface area contributed by atoms with E-state index in [0.29, 0.717) is 95.8 Å². The van der Waals surface area contributed by atoms with Crippen LogP contribution in [0.3, 0.4) is 0 Å². The molecule has 0 saturated carbocycles. The molecule has 5 rings (SSSR count). The van der Waals surface area contributed by atoms with Gasteiger partial charge in [0, 0.05) is 89.0 Å². The van der Waals surface area contributed by atoms with Crippen molar-refractivity contribution in [2.45, 2.75) is 122 Å². The first-order valence-corrected chi connectivity index (χ1v) is 23.4. The number of methoxy groups -OCH3 is 2. The molecule has 2 aliphatic heterocycles. The molecule has 3 amide bonds. The molecule has 5 atom stereocenters. The Labute approximate surface area is 385 Å². The molecule has 17 heteroatoms. The van der Waals surface area contributed by atoms with Crippen LogP contribution in [0.25, 0.3) is 0 Å². The maximum absolute atomic E-state index is 14.6. The summed E-state index contributed by atoms with van der Waals surface area (Å²) < 4.78 is 29.7. The molecule has 0 aromatic heterocycles. The fraction of sp³-hybridized carbons (Fsp3) is 0.708. The first kappa shape index (κ1) is 51.2. The van der Waals surface area contributed by atoms with Crippen molar-refractivity contribution in [1.82, 2.24) is 20.4 Å². The largest absolute Gasteiger partial charge is 0.493 e. The number of nitrogens with one attached hydrogen (secondary N) is 2. The Morgan fingerprint density at radius 2 is 1.78 bits per heavy atom. The van der Waals surface area contributed by atoms with Crippen LogP contribution in [0.15, 0.2) is 29.0 Å². The Balaban J connectivity index is 1.29. The van der Waals surface area contributed by atoms with Gasteiger partial charge in [-0.1, -0.05) is 33.3 Å². The second-order valence-electron chi connectivity index (χ2n) is 19.3. The number of nitrogens with two attached hydrogens (primary N) is 2. The molecule has 6 N–H and O–H groups in total. The number of nitrogens with zero attached hydrogens (tertiary/aromatic N) is 3. The normalized spacial score (nSPS) is 22.1. The number of hydrogen-bond acceptors (Lipinski definition) is 12. The predicted octanol–water partition coefficient (Wildman–Crippen LogP) is 4.17. The number of aliphatic imine (C=N–C) groups is 1. The van der Waals surface area contributed by atoms with Crippen LogP contribution >= 0.6 is 0 Å². The Bertz CT molecular complexity index is 1920. The highest BCUT2D eigenvalue weighted by Crippen LogP contribution is 2.68. The molecule has 1 aromatic carbocycles. The zero-order valence-electron chi connectivity index (χ0n) is 39.9. The Hall–Kier alpha value is -4.74. The van der Waals surface area contributed by atoms with Gasteiger partial charge in [0.15, 0.2) is 29.3 Å². The van der Waals surface area contributed by atoms with Crippen LogP contribution in [0.2, 0.25) is 0 Å². The van der Waals surface area contributed by atoms with Crippen molar-refractivity contribution >= 4 is 35.4 Å². The summed E-state index contributed by atoms with van der Waals surface area (Å²) in [6.45, 7) is 11.0. The van der Waals surface area contributed by atoms with Crippen LogP contribution in [0.5, 0.6) is 11.5 Å². The van der Waals surface area contributed by atoms with Gasteiger partial charge in [0.05, 0.1) is 32.3 Å². The third kappa shape index (κ3) is 12.6. The minimum atomic E-state index is -0.676. The lowest BCUT2D eigenvalue weighted by atomic mass is 9.45. The molecule has 0 unspecified atom stereocenters. The van der Waals surface area contributed by atoms with Crippen molar-refractivity contribution in [2.24, 2.45) is 33.2 Å². The minimum absolute atomic E-state index is 0.0562. The molecule has 0 radical (unpaired) electrons. The molecule has 2 heterocycles. The zero-order valence-corrected chi connectivity index (χ0v) is 39.9. The molecule has 1 spiro atoms. The smallest absolute Gasteiger partial charge is 0.415 e. The molecule has 65 heavy (non-hydrogen) atoms. The van der Waals surface area contributed by atoms with E-state index in [2.05, 4.69) is 46.6 Å². The molecule has 362 valence electrons. The molecule has 2 bridgehead atoms. The molecule has 4 aliphatic rings. The van der Waals surface area contributed by atoms with Crippen LogP contribution in [0.1, 0.15) is 109 Å². The summed E-state index contributed by atoms with van der Waals surface area (Å²) in [5.41, 5.74) is 12.2. The number of hydrogen-bond donors (Lipinski definition) is 4. The minimum Gasteiger partial charge on any atom is -0.493 e. The topological polar surface area (TPSA) is 226 Å². The number of guanidine groups is 1. The summed E-state index contributed by atoms with van der Waals surface area (Å²) in [4.78, 5) is 73.4. The lowest BCUT2D eigenvalue weighted by molar-refractivity contribution is -0.130. The number of carbonyl (C=O) groups is 5. The van der Waals surface area contributed by atoms with Gasteiger partial charge in [-0.15, -0.1) is 0 Å². The Morgan fingerprint density at radius 3 is 2.51 bits per heavy atom. The van der Waals surface area contributed by atoms with E-state index in [1.807, 2.05) is 19.9 Å². The van der Waals surface area contributed by atoms with Gasteiger partial charge in [0.1, 0.15) is 11.5 Å². The molecule has 17 nitrogen and oxygen atoms in total. The van der Waals surface area contributed by atoms with E-state index in [4.69, 9.17) is 35.2 Å². The summed E-state index contributed by atoms with van der Waals surface area (Å²) >= 11 is 0. The number of benzene rings is 1. The van der Waals surface area contributed by atoms with Crippen molar-refractivity contribution in [1.29, 1.82) is 0 Å². The first-order valence-electron chi connectivity index (χ1n) is 23.4. The fourth-order valence-corrected chi connectivity index (χ4v) is 10.5. The summed E-state index contributed by atoms with van der Waals surface area (Å²) in [7, 11) is 5.47. The van der Waals surface area contributed by atoms with Crippen LogP contribution in [-0.4, -0.2) is 138 Å². The van der Waals surface area contributed by atoms with E-state index >= 15 is 0 Å². The van der Waals surface area contributed by atoms with Crippen molar-refractivity contribution < 1.29 is 47.7 Å². The average Bonchev–Trinajstić information content (AvgIpc) is 3.62. The highest BCUT2D eigenvalue weighted by atomic mass is 16.6. The maximum Gasteiger partial charge on any atom is 0.415 e. The summed E-state index contributed by atoms with van der Waals surface area (Å²) in [5, 5.41) is 5.55. The molecular formula is C48H75N7O10. The van der Waals surface area contributed by atoms with Crippen molar-refractivity contribution in [3.63, 3.8) is 0 Å². The van der Waals surface area contributed by atoms with E-state index in [0.717, 1.165) is 31.6 Å². The number of rotatable bonds is 28. The molecule has 1 saturated heterocycles. The van der Waals surface area contributed by atoms with E-state index in [1.54, 1.807) is 19.1 Å². The van der Waals surface area contributed by atoms with Gasteiger partial charge in [-0.05, 0) is 88.1 Å². The molecule has 1 fully saturated rings. The summed E-state index contributed by atoms with van der Waals surface area (Å²) in [6.07, 6.45) is 7.88. The summed E-state index contributed by atoms with van der Waals surface area (Å²) in [5.74, 6) is 0.447. The van der Waals surface area contributed by atoms with Crippen LogP contribution in [-0.2, 0) is 45.2 Å². The number of allylic oxidation sites excluding steroid dienone is 1. The second-order valence-corrected chi connectivity index (χ2v) is 19.3. The van der Waals surface area contributed by atoms with E-state index in [1.165, 1.54) is 18.1 Å². The van der Waals surface area contributed by atoms with Crippen molar-refractivity contribution in [3.8, 4) is 11.5 Å². The number of carbonyl (C=O) groups excluding carboxylic acids is 5. The number of piperidine rings is 1. The van der Waals surface area contributed by atoms with Gasteiger partial charge < -0.3 is 55.6 Å². The number of amides is 3. The first-order chi connectivity index (χ1) is 31.0. The van der Waals surface area contributed by atoms with E-state index < -0.39 is 28.9 Å². The third-order valence-electron chi connectivity index (χ3n) is 13.9. The number of Topliss-reactive ketones (excluding diaryl/α,β-unsaturated/α-hetero) is 2. The number of unbranched alkanes of at least 4 members (excludes halogenated alkanes) is 2. The standard InChI is InChI=1S/C48H75N7O10/c1-32(56)52-29-36(58)27-34(13-11-21-51-44(49)50)43(59)53-30-46(2,3)31-55(22-10-8-9-14-35(57)15-12-24-63-26-25-61-6)45(60)64-38-18-19-47(4)39-28-33-16-17-37(62-7)41-40(33)48(47,42(38)65-41)20-23-54(39)5/h16-18,34,39,42H,8-15,19-31H2,1-7H3,(H,52,56)(H,53,59)(H4,49,50,51)/t34-,39-,42+,47+,48+/m1/s1. The molecular weight excluding hydrogens is 835 g/mol. The van der Waals surface area contributed by atoms with E-state index in [-0.39, 0.29) is 66.9 Å². The van der Waals surface area contributed by atoms with Gasteiger partial charge in [-0.3, -0.25) is 24.2 Å². The highest BCUT2D eigenvalue weighted by Gasteiger charge is 2.70. The van der Waals surface area contributed by atoms with Crippen LogP contribution < -0.4 is 31.6 Å². The Morgan fingerprint density at radius 1 is 1.02 bits per heavy atom. The van der Waals surface area contributed by atoms with E-state index in [9.17, 15) is 24.0 Å². The van der Waals surface area contributed by atoms with Crippen molar-refractivity contribution in [3.05, 3.63) is 35.1 Å². The lowest BCUT2D eigenvalue weighted by Crippen LogP contribution is -2.69. The molecule has 1 aromatic rings. The lowest BCUT2D eigenvalue weighted by Gasteiger charge is -2.63. The number of likely N-dealkylation sites (tertiary alicyclic amines) is 1. The second kappa shape index (κ2) is 23.1. The van der Waals surface area contributed by atoms with Gasteiger partial charge in [0.2, 0.25) is 11.8 Å². The maximum atomic E-state index is 14.6. The Kier molecular flexibility index (Phi) is 18.2. The van der Waals surface area contributed by atoms with Crippen molar-refractivity contribution in [2.75, 3.05) is 80.4 Å². The molecule has 2 aliphatic carbocycles. The predicted molar refractivity (Wildman–Crippen MR) is 247 cm³/mol. The van der Waals surface area contributed by atoms with Gasteiger partial charge in [-0.2, -0.15) is 0 Å². The summed E-state index contributed by atoms with van der Waals surface area (Å²) in [6, 6.07) is 4.42. The third-order valence-corrected chi connectivity index (χ3v) is 13.9. The number of ketones is 2. The van der Waals surface area contributed by atoms with Gasteiger partial charge in [0.25, 0.3) is 0 Å². The van der Waals surface area contributed by atoms with Crippen LogP contribution in [0, 0.1) is 16.7 Å². The SMILES string of the molecule is COCCOCCCC(=O)CCCCCN(CC(C)(C)CNC(=O)[C@H](CCCN=C(N)N)CC(=O)CNC(C)=O)C(=O)OC1=CC[C@@]2(C)[C@H]3Cc4ccc(OC)c5c4[C@@]2(CCN3C)[C@H]1O5. The van der Waals surface area contributed by atoms with Gasteiger partial charge in [-0.25, -0.2) is 4.79 Å². The number of ether oxygens (including phenoxy) is 5. The monoisotopic (exact) mass is 910 g/mol.